The summed E-state index contributed by atoms with van der Waals surface area (Å²) in [4.78, 5) is 11.8. The lowest BCUT2D eigenvalue weighted by molar-refractivity contribution is -0.124. The van der Waals surface area contributed by atoms with Gasteiger partial charge in [-0.3, -0.25) is 4.79 Å². The molecule has 1 heterocycles. The molecule has 1 atom stereocenters. The summed E-state index contributed by atoms with van der Waals surface area (Å²) in [6, 6.07) is 12.2. The van der Waals surface area contributed by atoms with E-state index >= 15 is 0 Å². The van der Waals surface area contributed by atoms with Crippen LogP contribution in [0.15, 0.2) is 36.4 Å². The van der Waals surface area contributed by atoms with E-state index in [1.54, 1.807) is 7.11 Å². The van der Waals surface area contributed by atoms with E-state index in [1.165, 1.54) is 10.9 Å². The van der Waals surface area contributed by atoms with Gasteiger partial charge in [0.15, 0.2) is 0 Å². The van der Waals surface area contributed by atoms with Crippen molar-refractivity contribution in [3.8, 4) is 5.75 Å². The van der Waals surface area contributed by atoms with Crippen molar-refractivity contribution in [1.82, 2.24) is 10.6 Å². The molecular formula is C17H20N2O2. The van der Waals surface area contributed by atoms with Crippen molar-refractivity contribution < 1.29 is 9.53 Å². The van der Waals surface area contributed by atoms with Gasteiger partial charge in [-0.15, -0.1) is 0 Å². The third kappa shape index (κ3) is 2.85. The molecule has 1 amide bonds. The zero-order valence-electron chi connectivity index (χ0n) is 12.2. The lowest BCUT2D eigenvalue weighted by atomic mass is 10.0. The first-order chi connectivity index (χ1) is 10.3. The van der Waals surface area contributed by atoms with E-state index in [0.29, 0.717) is 6.54 Å². The Balaban J connectivity index is 1.82. The van der Waals surface area contributed by atoms with Crippen molar-refractivity contribution in [3.05, 3.63) is 42.0 Å². The minimum absolute atomic E-state index is 0.0837. The highest BCUT2D eigenvalue weighted by molar-refractivity contribution is 5.91. The summed E-state index contributed by atoms with van der Waals surface area (Å²) < 4.78 is 5.41. The zero-order chi connectivity index (χ0) is 14.7. The lowest BCUT2D eigenvalue weighted by Gasteiger charge is -2.23. The second-order valence-electron chi connectivity index (χ2n) is 5.34. The molecule has 0 saturated carbocycles. The number of ether oxygens (including phenoxy) is 1. The number of carbonyl (C=O) groups excluding carboxylic acids is 1. The van der Waals surface area contributed by atoms with Crippen LogP contribution in [0.1, 0.15) is 18.4 Å². The molecule has 4 nitrogen and oxygen atoms in total. The van der Waals surface area contributed by atoms with Crippen LogP contribution >= 0.6 is 0 Å². The molecule has 1 fully saturated rings. The van der Waals surface area contributed by atoms with Crippen molar-refractivity contribution in [3.63, 3.8) is 0 Å². The highest BCUT2D eigenvalue weighted by Gasteiger charge is 2.21. The average Bonchev–Trinajstić information content (AvgIpc) is 2.54. The van der Waals surface area contributed by atoms with Crippen molar-refractivity contribution in [2.45, 2.75) is 25.4 Å². The predicted octanol–water partition coefficient (Wildman–Crippen LogP) is 2.22. The molecule has 3 rings (SSSR count). The number of rotatable bonds is 4. The van der Waals surface area contributed by atoms with Gasteiger partial charge in [0.05, 0.1) is 13.2 Å². The van der Waals surface area contributed by atoms with E-state index in [9.17, 15) is 4.79 Å². The van der Waals surface area contributed by atoms with Crippen molar-refractivity contribution >= 4 is 16.7 Å². The Labute approximate surface area is 124 Å². The molecule has 21 heavy (non-hydrogen) atoms. The number of hydrogen-bond donors (Lipinski definition) is 2. The van der Waals surface area contributed by atoms with Crippen LogP contribution in [-0.2, 0) is 11.3 Å². The third-order valence-electron chi connectivity index (χ3n) is 4.02. The lowest BCUT2D eigenvalue weighted by Crippen LogP contribution is -2.47. The van der Waals surface area contributed by atoms with Gasteiger partial charge in [-0.2, -0.15) is 0 Å². The van der Waals surface area contributed by atoms with Crippen LogP contribution in [0.4, 0.5) is 0 Å². The van der Waals surface area contributed by atoms with E-state index in [0.717, 1.165) is 30.5 Å². The first-order valence-corrected chi connectivity index (χ1v) is 7.35. The molecule has 1 aliphatic heterocycles. The molecular weight excluding hydrogens is 264 g/mol. The molecule has 0 bridgehead atoms. The Hall–Kier alpha value is -2.07. The standard InChI is InChI=1S/C17H20N2O2/c1-21-16-9-8-12(13-5-2-3-6-14(13)16)11-19-15-7-4-10-18-17(15)20/h2-3,5-6,8-9,15,19H,4,7,10-11H2,1H3,(H,18,20). The smallest absolute Gasteiger partial charge is 0.237 e. The summed E-state index contributed by atoms with van der Waals surface area (Å²) in [6.07, 6.45) is 1.94. The monoisotopic (exact) mass is 284 g/mol. The van der Waals surface area contributed by atoms with Gasteiger partial charge in [0.1, 0.15) is 5.75 Å². The molecule has 0 spiro atoms. The van der Waals surface area contributed by atoms with Crippen molar-refractivity contribution in [1.29, 1.82) is 0 Å². The maximum Gasteiger partial charge on any atom is 0.237 e. The highest BCUT2D eigenvalue weighted by atomic mass is 16.5. The summed E-state index contributed by atoms with van der Waals surface area (Å²) in [7, 11) is 1.69. The maximum absolute atomic E-state index is 11.8. The Morgan fingerprint density at radius 1 is 1.24 bits per heavy atom. The molecule has 1 unspecified atom stereocenters. The van der Waals surface area contributed by atoms with Crippen LogP contribution < -0.4 is 15.4 Å². The topological polar surface area (TPSA) is 50.4 Å². The summed E-state index contributed by atoms with van der Waals surface area (Å²) in [5, 5.41) is 8.54. The second-order valence-corrected chi connectivity index (χ2v) is 5.34. The molecule has 2 aromatic rings. The molecule has 0 radical (unpaired) electrons. The van der Waals surface area contributed by atoms with Gasteiger partial charge in [0.25, 0.3) is 0 Å². The van der Waals surface area contributed by atoms with Gasteiger partial charge in [0.2, 0.25) is 5.91 Å². The van der Waals surface area contributed by atoms with Gasteiger partial charge in [-0.25, -0.2) is 0 Å². The Morgan fingerprint density at radius 2 is 2.05 bits per heavy atom. The predicted molar refractivity (Wildman–Crippen MR) is 83.4 cm³/mol. The normalized spacial score (nSPS) is 18.5. The van der Waals surface area contributed by atoms with E-state index in [1.807, 2.05) is 18.2 Å². The number of methoxy groups -OCH3 is 1. The van der Waals surface area contributed by atoms with Crippen molar-refractivity contribution in [2.75, 3.05) is 13.7 Å². The van der Waals surface area contributed by atoms with Crippen LogP contribution in [0.5, 0.6) is 5.75 Å². The van der Waals surface area contributed by atoms with E-state index in [2.05, 4.69) is 28.8 Å². The number of amides is 1. The van der Waals surface area contributed by atoms with Gasteiger partial charge in [0, 0.05) is 18.5 Å². The van der Waals surface area contributed by atoms with Gasteiger partial charge in [-0.05, 0) is 29.9 Å². The minimum Gasteiger partial charge on any atom is -0.496 e. The quantitative estimate of drug-likeness (QED) is 0.905. The van der Waals surface area contributed by atoms with E-state index in [-0.39, 0.29) is 11.9 Å². The molecule has 0 aromatic heterocycles. The molecule has 2 aromatic carbocycles. The number of carbonyl (C=O) groups is 1. The maximum atomic E-state index is 11.8. The van der Waals surface area contributed by atoms with Gasteiger partial charge < -0.3 is 15.4 Å². The van der Waals surface area contributed by atoms with Crippen LogP contribution in [-0.4, -0.2) is 25.6 Å². The van der Waals surface area contributed by atoms with E-state index in [4.69, 9.17) is 4.74 Å². The largest absolute Gasteiger partial charge is 0.496 e. The first-order valence-electron chi connectivity index (χ1n) is 7.35. The van der Waals surface area contributed by atoms with Crippen LogP contribution in [0.2, 0.25) is 0 Å². The Kier molecular flexibility index (Phi) is 4.06. The Bertz CT molecular complexity index is 654. The van der Waals surface area contributed by atoms with Gasteiger partial charge in [-0.1, -0.05) is 30.3 Å². The highest BCUT2D eigenvalue weighted by Crippen LogP contribution is 2.28. The molecule has 110 valence electrons. The molecule has 0 aliphatic carbocycles. The van der Waals surface area contributed by atoms with E-state index < -0.39 is 0 Å². The summed E-state index contributed by atoms with van der Waals surface area (Å²) in [5.41, 5.74) is 1.18. The summed E-state index contributed by atoms with van der Waals surface area (Å²) in [5.74, 6) is 0.990. The average molecular weight is 284 g/mol. The number of fused-ring (bicyclic) bond motifs is 1. The van der Waals surface area contributed by atoms with Crippen LogP contribution in [0, 0.1) is 0 Å². The van der Waals surface area contributed by atoms with Crippen LogP contribution in [0.3, 0.4) is 0 Å². The van der Waals surface area contributed by atoms with Crippen molar-refractivity contribution in [2.24, 2.45) is 0 Å². The molecule has 4 heteroatoms. The zero-order valence-corrected chi connectivity index (χ0v) is 12.2. The SMILES string of the molecule is COc1ccc(CNC2CCCNC2=O)c2ccccc12. The molecule has 1 saturated heterocycles. The summed E-state index contributed by atoms with van der Waals surface area (Å²) in [6.45, 7) is 1.48. The van der Waals surface area contributed by atoms with Crippen LogP contribution in [0.25, 0.3) is 10.8 Å². The third-order valence-corrected chi connectivity index (χ3v) is 4.02. The minimum atomic E-state index is -0.0837. The fraction of sp³-hybridized carbons (Fsp3) is 0.353. The number of nitrogens with one attached hydrogen (secondary N) is 2. The second kappa shape index (κ2) is 6.14. The number of piperidine rings is 1. The Morgan fingerprint density at radius 3 is 2.81 bits per heavy atom. The van der Waals surface area contributed by atoms with Gasteiger partial charge >= 0.3 is 0 Å². The number of hydrogen-bond acceptors (Lipinski definition) is 3. The fourth-order valence-corrected chi connectivity index (χ4v) is 2.87. The number of benzene rings is 2. The molecule has 2 N–H and O–H groups in total. The summed E-state index contributed by atoms with van der Waals surface area (Å²) >= 11 is 0. The molecule has 1 aliphatic rings. The first kappa shape index (κ1) is 13.9. The fourth-order valence-electron chi connectivity index (χ4n) is 2.87.